The molecule has 2 aromatic rings. The van der Waals surface area contributed by atoms with Crippen molar-refractivity contribution in [2.45, 2.75) is 26.9 Å². The third-order valence-corrected chi connectivity index (χ3v) is 2.69. The molecule has 0 saturated carbocycles. The fourth-order valence-electron chi connectivity index (χ4n) is 1.90. The van der Waals surface area contributed by atoms with Crippen molar-refractivity contribution in [3.8, 4) is 0 Å². The molecule has 0 bridgehead atoms. The number of hydrogen-bond donors (Lipinski definition) is 1. The number of aliphatic hydroxyl groups is 1. The highest BCUT2D eigenvalue weighted by Gasteiger charge is 2.14. The minimum Gasteiger partial charge on any atom is -0.387 e. The zero-order valence-corrected chi connectivity index (χ0v) is 9.71. The second-order valence-corrected chi connectivity index (χ2v) is 4.23. The molecule has 0 aliphatic rings. The molecule has 15 heavy (non-hydrogen) atoms. The largest absolute Gasteiger partial charge is 0.387 e. The summed E-state index contributed by atoms with van der Waals surface area (Å²) in [7, 11) is 0. The average Bonchev–Trinajstić information content (AvgIpc) is 2.41. The Morgan fingerprint density at radius 3 is 2.73 bits per heavy atom. The molecule has 2 aromatic heterocycles. The molecule has 0 radical (unpaired) electrons. The molecule has 0 saturated heterocycles. The minimum atomic E-state index is -0.544. The lowest BCUT2D eigenvalue weighted by Crippen LogP contribution is -1.99. The Kier molecular flexibility index (Phi) is 2.44. The van der Waals surface area contributed by atoms with Gasteiger partial charge in [-0.1, -0.05) is 11.6 Å². The van der Waals surface area contributed by atoms with E-state index in [1.807, 2.05) is 24.3 Å². The fourth-order valence-corrected chi connectivity index (χ4v) is 2.16. The van der Waals surface area contributed by atoms with E-state index >= 15 is 0 Å². The quantitative estimate of drug-likeness (QED) is 0.809. The average molecular weight is 225 g/mol. The smallest absolute Gasteiger partial charge is 0.140 e. The fraction of sp³-hybridized carbons (Fsp3) is 0.364. The first-order valence-electron chi connectivity index (χ1n) is 4.83. The van der Waals surface area contributed by atoms with Crippen molar-refractivity contribution < 1.29 is 5.11 Å². The Morgan fingerprint density at radius 1 is 1.47 bits per heavy atom. The highest BCUT2D eigenvalue weighted by molar-refractivity contribution is 6.30. The highest BCUT2D eigenvalue weighted by atomic mass is 35.5. The molecule has 1 atom stereocenters. The molecule has 0 fully saturated rings. The predicted molar refractivity (Wildman–Crippen MR) is 60.3 cm³/mol. The Balaban J connectivity index is 2.86. The minimum absolute atomic E-state index is 0.544. The van der Waals surface area contributed by atoms with E-state index in [-0.39, 0.29) is 0 Å². The van der Waals surface area contributed by atoms with Crippen LogP contribution in [0.4, 0.5) is 0 Å². The summed E-state index contributed by atoms with van der Waals surface area (Å²) >= 11 is 5.98. The van der Waals surface area contributed by atoms with Crippen LogP contribution in [-0.4, -0.2) is 14.5 Å². The van der Waals surface area contributed by atoms with Crippen molar-refractivity contribution in [1.82, 2.24) is 9.38 Å². The normalized spacial score (nSPS) is 13.4. The molecule has 80 valence electrons. The van der Waals surface area contributed by atoms with Crippen LogP contribution in [0.2, 0.25) is 5.02 Å². The van der Waals surface area contributed by atoms with Gasteiger partial charge < -0.3 is 5.11 Å². The maximum Gasteiger partial charge on any atom is 0.140 e. The van der Waals surface area contributed by atoms with E-state index in [0.717, 1.165) is 22.6 Å². The Hall–Kier alpha value is -1.06. The van der Waals surface area contributed by atoms with Gasteiger partial charge in [-0.2, -0.15) is 0 Å². The van der Waals surface area contributed by atoms with Crippen LogP contribution in [0, 0.1) is 13.8 Å². The highest BCUT2D eigenvalue weighted by Crippen LogP contribution is 2.23. The van der Waals surface area contributed by atoms with E-state index in [4.69, 9.17) is 11.6 Å². The number of hydrogen-bond acceptors (Lipinski definition) is 2. The van der Waals surface area contributed by atoms with Gasteiger partial charge in [-0.25, -0.2) is 4.98 Å². The molecule has 4 heteroatoms. The van der Waals surface area contributed by atoms with Gasteiger partial charge in [0.15, 0.2) is 0 Å². The molecule has 2 heterocycles. The summed E-state index contributed by atoms with van der Waals surface area (Å²) in [5.74, 6) is 0. The molecule has 0 aromatic carbocycles. The number of aromatic nitrogens is 2. The van der Waals surface area contributed by atoms with Gasteiger partial charge in [0.25, 0.3) is 0 Å². The second-order valence-electron chi connectivity index (χ2n) is 3.79. The molecule has 0 spiro atoms. The topological polar surface area (TPSA) is 37.5 Å². The first kappa shape index (κ1) is 10.5. The van der Waals surface area contributed by atoms with Crippen molar-refractivity contribution in [2.75, 3.05) is 0 Å². The summed E-state index contributed by atoms with van der Waals surface area (Å²) in [4.78, 5) is 4.42. The van der Waals surface area contributed by atoms with Gasteiger partial charge >= 0.3 is 0 Å². The summed E-state index contributed by atoms with van der Waals surface area (Å²) < 4.78 is 1.86. The first-order chi connectivity index (χ1) is 7.00. The van der Waals surface area contributed by atoms with Crippen LogP contribution in [0.1, 0.15) is 30.0 Å². The van der Waals surface area contributed by atoms with E-state index in [9.17, 15) is 5.11 Å². The van der Waals surface area contributed by atoms with E-state index in [2.05, 4.69) is 4.98 Å². The number of aliphatic hydroxyl groups excluding tert-OH is 1. The summed E-state index contributed by atoms with van der Waals surface area (Å²) in [6, 6.07) is 1.87. The van der Waals surface area contributed by atoms with Gasteiger partial charge in [-0.15, -0.1) is 0 Å². The van der Waals surface area contributed by atoms with Gasteiger partial charge in [0, 0.05) is 6.20 Å². The third-order valence-electron chi connectivity index (χ3n) is 2.49. The van der Waals surface area contributed by atoms with Crippen LogP contribution in [0.15, 0.2) is 12.3 Å². The van der Waals surface area contributed by atoms with Crippen LogP contribution in [0.5, 0.6) is 0 Å². The van der Waals surface area contributed by atoms with E-state index in [0.29, 0.717) is 5.02 Å². The molecule has 0 amide bonds. The van der Waals surface area contributed by atoms with Crippen LogP contribution in [-0.2, 0) is 0 Å². The third kappa shape index (κ3) is 1.62. The zero-order valence-electron chi connectivity index (χ0n) is 8.95. The van der Waals surface area contributed by atoms with Gasteiger partial charge in [0.05, 0.1) is 22.5 Å². The molecule has 1 unspecified atom stereocenters. The number of pyridine rings is 1. The lowest BCUT2D eigenvalue weighted by molar-refractivity contribution is 0.192. The second kappa shape index (κ2) is 3.51. The summed E-state index contributed by atoms with van der Waals surface area (Å²) in [5.41, 5.74) is 3.51. The zero-order chi connectivity index (χ0) is 11.2. The van der Waals surface area contributed by atoms with Gasteiger partial charge in [-0.05, 0) is 32.4 Å². The Morgan fingerprint density at radius 2 is 2.13 bits per heavy atom. The van der Waals surface area contributed by atoms with Crippen LogP contribution in [0.3, 0.4) is 0 Å². The number of imidazole rings is 1. The van der Waals surface area contributed by atoms with Gasteiger partial charge in [-0.3, -0.25) is 4.40 Å². The maximum absolute atomic E-state index is 9.67. The monoisotopic (exact) mass is 224 g/mol. The molecule has 1 N–H and O–H groups in total. The number of halogens is 1. The van der Waals surface area contributed by atoms with E-state index in [1.54, 1.807) is 13.1 Å². The number of nitrogens with zero attached hydrogens (tertiary/aromatic N) is 2. The number of rotatable bonds is 1. The van der Waals surface area contributed by atoms with Crippen LogP contribution in [0.25, 0.3) is 5.65 Å². The van der Waals surface area contributed by atoms with Gasteiger partial charge in [0.2, 0.25) is 0 Å². The number of aryl methyl sites for hydroxylation is 2. The van der Waals surface area contributed by atoms with E-state index < -0.39 is 6.10 Å². The summed E-state index contributed by atoms with van der Waals surface area (Å²) in [6.45, 7) is 5.58. The van der Waals surface area contributed by atoms with Crippen LogP contribution < -0.4 is 0 Å². The maximum atomic E-state index is 9.67. The number of fused-ring (bicyclic) bond motifs is 1. The van der Waals surface area contributed by atoms with Crippen molar-refractivity contribution in [2.24, 2.45) is 0 Å². The SMILES string of the molecule is Cc1nc2c(C)cc(Cl)cn2c1C(C)O. The molecule has 0 aliphatic heterocycles. The molecule has 2 rings (SSSR count). The first-order valence-corrected chi connectivity index (χ1v) is 5.21. The van der Waals surface area contributed by atoms with Crippen molar-refractivity contribution >= 4 is 17.2 Å². The standard InChI is InChI=1S/C11H13ClN2O/c1-6-4-9(12)5-14-10(8(3)15)7(2)13-11(6)14/h4-5,8,15H,1-3H3. The van der Waals surface area contributed by atoms with E-state index in [1.165, 1.54) is 0 Å². The van der Waals surface area contributed by atoms with Crippen LogP contribution >= 0.6 is 11.6 Å². The van der Waals surface area contributed by atoms with Crippen molar-refractivity contribution in [1.29, 1.82) is 0 Å². The Labute approximate surface area is 93.3 Å². The molecular weight excluding hydrogens is 212 g/mol. The lowest BCUT2D eigenvalue weighted by atomic mass is 10.2. The lowest BCUT2D eigenvalue weighted by Gasteiger charge is -2.06. The van der Waals surface area contributed by atoms with Gasteiger partial charge in [0.1, 0.15) is 5.65 Å². The predicted octanol–water partition coefficient (Wildman–Crippen LogP) is 2.66. The summed E-state index contributed by atoms with van der Waals surface area (Å²) in [5, 5.41) is 10.3. The molecule has 0 aliphatic carbocycles. The summed E-state index contributed by atoms with van der Waals surface area (Å²) in [6.07, 6.45) is 1.24. The van der Waals surface area contributed by atoms with Crippen molar-refractivity contribution in [3.63, 3.8) is 0 Å². The Bertz CT molecular complexity index is 517. The molecular formula is C11H13ClN2O. The molecule has 3 nitrogen and oxygen atoms in total. The van der Waals surface area contributed by atoms with Crippen molar-refractivity contribution in [3.05, 3.63) is 34.2 Å².